The molecule has 1 aliphatic rings. The van der Waals surface area contributed by atoms with Crippen molar-refractivity contribution in [2.24, 2.45) is 7.05 Å². The molecule has 1 saturated carbocycles. The van der Waals surface area contributed by atoms with E-state index in [2.05, 4.69) is 5.32 Å². The second-order valence-electron chi connectivity index (χ2n) is 4.09. The number of alkyl halides is 1. The molecule has 0 unspecified atom stereocenters. The number of carbonyl (C=O) groups excluding carboxylic acids is 1. The van der Waals surface area contributed by atoms with Crippen LogP contribution in [0.15, 0.2) is 18.3 Å². The topological polar surface area (TPSA) is 34.0 Å². The van der Waals surface area contributed by atoms with Gasteiger partial charge < -0.3 is 9.88 Å². The Morgan fingerprint density at radius 1 is 1.60 bits per heavy atom. The van der Waals surface area contributed by atoms with Gasteiger partial charge in [0.2, 0.25) is 0 Å². The van der Waals surface area contributed by atoms with Crippen LogP contribution in [-0.2, 0) is 7.05 Å². The highest BCUT2D eigenvalue weighted by atomic mass is 19.1. The number of hydrogen-bond acceptors (Lipinski definition) is 1. The maximum atomic E-state index is 12.9. The molecule has 1 heterocycles. The molecule has 2 atom stereocenters. The summed E-state index contributed by atoms with van der Waals surface area (Å²) in [7, 11) is 1.82. The van der Waals surface area contributed by atoms with E-state index in [1.165, 1.54) is 0 Å². The Hall–Kier alpha value is -1.32. The maximum absolute atomic E-state index is 12.9. The van der Waals surface area contributed by atoms with Gasteiger partial charge in [0, 0.05) is 19.3 Å². The number of aryl methyl sites for hydroxylation is 1. The lowest BCUT2D eigenvalue weighted by Crippen LogP contribution is -2.34. The van der Waals surface area contributed by atoms with Gasteiger partial charge >= 0.3 is 0 Å². The lowest BCUT2D eigenvalue weighted by molar-refractivity contribution is 0.0928. The number of carbonyl (C=O) groups is 1. The van der Waals surface area contributed by atoms with Crippen LogP contribution in [0, 0.1) is 0 Å². The Morgan fingerprint density at radius 3 is 2.93 bits per heavy atom. The zero-order valence-electron chi connectivity index (χ0n) is 8.74. The van der Waals surface area contributed by atoms with Crippen LogP contribution >= 0.6 is 0 Å². The molecular formula is C11H15FN2O. The normalized spacial score (nSPS) is 25.5. The molecule has 0 radical (unpaired) electrons. The molecule has 0 aliphatic heterocycles. The van der Waals surface area contributed by atoms with Crippen molar-refractivity contribution in [1.29, 1.82) is 0 Å². The second kappa shape index (κ2) is 4.04. The van der Waals surface area contributed by atoms with Gasteiger partial charge in [-0.3, -0.25) is 4.79 Å². The molecule has 1 fully saturated rings. The summed E-state index contributed by atoms with van der Waals surface area (Å²) in [5.41, 5.74) is 0.623. The van der Waals surface area contributed by atoms with Crippen LogP contribution in [0.3, 0.4) is 0 Å². The lowest BCUT2D eigenvalue weighted by Gasteiger charge is -2.12. The van der Waals surface area contributed by atoms with Crippen molar-refractivity contribution in [1.82, 2.24) is 9.88 Å². The highest BCUT2D eigenvalue weighted by Crippen LogP contribution is 2.22. The minimum absolute atomic E-state index is 0.00222. The zero-order chi connectivity index (χ0) is 10.8. The first-order chi connectivity index (χ1) is 7.16. The van der Waals surface area contributed by atoms with Gasteiger partial charge in [-0.05, 0) is 31.4 Å². The molecule has 4 heteroatoms. The predicted molar refractivity (Wildman–Crippen MR) is 55.4 cm³/mol. The Balaban J connectivity index is 1.96. The van der Waals surface area contributed by atoms with Crippen LogP contribution in [0.2, 0.25) is 0 Å². The molecule has 15 heavy (non-hydrogen) atoms. The average molecular weight is 210 g/mol. The summed E-state index contributed by atoms with van der Waals surface area (Å²) in [6, 6.07) is 3.58. The van der Waals surface area contributed by atoms with Crippen molar-refractivity contribution in [3.63, 3.8) is 0 Å². The third-order valence-corrected chi connectivity index (χ3v) is 2.88. The summed E-state index contributed by atoms with van der Waals surface area (Å²) in [6.45, 7) is 0. The molecule has 0 spiro atoms. The van der Waals surface area contributed by atoms with Gasteiger partial charge in [-0.25, -0.2) is 4.39 Å². The van der Waals surface area contributed by atoms with Crippen molar-refractivity contribution in [2.75, 3.05) is 0 Å². The molecule has 0 aromatic carbocycles. The third kappa shape index (κ3) is 2.19. The van der Waals surface area contributed by atoms with E-state index in [-0.39, 0.29) is 11.9 Å². The van der Waals surface area contributed by atoms with E-state index in [0.717, 1.165) is 6.42 Å². The lowest BCUT2D eigenvalue weighted by atomic mass is 10.2. The predicted octanol–water partition coefficient (Wildman–Crippen LogP) is 1.65. The number of amides is 1. The minimum atomic E-state index is -0.747. The molecule has 1 aromatic rings. The fourth-order valence-electron chi connectivity index (χ4n) is 2.01. The maximum Gasteiger partial charge on any atom is 0.268 e. The molecule has 2 rings (SSSR count). The Morgan fingerprint density at radius 2 is 2.40 bits per heavy atom. The van der Waals surface area contributed by atoms with E-state index in [1.54, 1.807) is 10.6 Å². The van der Waals surface area contributed by atoms with Gasteiger partial charge in [-0.15, -0.1) is 0 Å². The van der Waals surface area contributed by atoms with Gasteiger partial charge in [0.25, 0.3) is 5.91 Å². The first-order valence-corrected chi connectivity index (χ1v) is 5.23. The van der Waals surface area contributed by atoms with Crippen molar-refractivity contribution >= 4 is 5.91 Å². The smallest absolute Gasteiger partial charge is 0.268 e. The van der Waals surface area contributed by atoms with Crippen LogP contribution in [-0.4, -0.2) is 22.7 Å². The summed E-state index contributed by atoms with van der Waals surface area (Å²) in [6.07, 6.45) is 2.84. The van der Waals surface area contributed by atoms with Crippen LogP contribution in [0.5, 0.6) is 0 Å². The second-order valence-corrected chi connectivity index (χ2v) is 4.09. The average Bonchev–Trinajstić information content (AvgIpc) is 2.75. The molecule has 1 amide bonds. The monoisotopic (exact) mass is 210 g/mol. The minimum Gasteiger partial charge on any atom is -0.348 e. The number of halogens is 1. The van der Waals surface area contributed by atoms with E-state index >= 15 is 0 Å². The number of nitrogens with zero attached hydrogens (tertiary/aromatic N) is 1. The number of aromatic nitrogens is 1. The fourth-order valence-corrected chi connectivity index (χ4v) is 2.01. The van der Waals surface area contributed by atoms with Crippen LogP contribution < -0.4 is 5.32 Å². The summed E-state index contributed by atoms with van der Waals surface area (Å²) >= 11 is 0. The largest absolute Gasteiger partial charge is 0.348 e. The van der Waals surface area contributed by atoms with E-state index < -0.39 is 6.17 Å². The molecule has 0 bridgehead atoms. The number of rotatable bonds is 2. The highest BCUT2D eigenvalue weighted by Gasteiger charge is 2.26. The third-order valence-electron chi connectivity index (χ3n) is 2.88. The quantitative estimate of drug-likeness (QED) is 0.791. The molecular weight excluding hydrogens is 195 g/mol. The molecule has 82 valence electrons. The van der Waals surface area contributed by atoms with E-state index in [1.807, 2.05) is 19.3 Å². The summed E-state index contributed by atoms with van der Waals surface area (Å²) in [5, 5.41) is 2.85. The van der Waals surface area contributed by atoms with Gasteiger partial charge in [0.1, 0.15) is 11.9 Å². The van der Waals surface area contributed by atoms with Gasteiger partial charge in [-0.2, -0.15) is 0 Å². The SMILES string of the molecule is Cn1cccc1C(=O)N[C@H]1CC[C@@H](F)C1. The van der Waals surface area contributed by atoms with Gasteiger partial charge in [0.05, 0.1) is 0 Å². The van der Waals surface area contributed by atoms with Crippen LogP contribution in [0.4, 0.5) is 4.39 Å². The molecule has 0 saturated heterocycles. The van der Waals surface area contributed by atoms with E-state index in [0.29, 0.717) is 18.5 Å². The molecule has 1 aromatic heterocycles. The van der Waals surface area contributed by atoms with Crippen molar-refractivity contribution in [3.8, 4) is 0 Å². The first kappa shape index (κ1) is 10.2. The van der Waals surface area contributed by atoms with Gasteiger partial charge in [-0.1, -0.05) is 0 Å². The van der Waals surface area contributed by atoms with E-state index in [4.69, 9.17) is 0 Å². The standard InChI is InChI=1S/C11H15FN2O/c1-14-6-2-3-10(14)11(15)13-9-5-4-8(12)7-9/h2-3,6,8-9H,4-5,7H2,1H3,(H,13,15)/t8-,9+/m1/s1. The Labute approximate surface area is 88.3 Å². The first-order valence-electron chi connectivity index (χ1n) is 5.23. The zero-order valence-corrected chi connectivity index (χ0v) is 8.74. The molecule has 3 nitrogen and oxygen atoms in total. The highest BCUT2D eigenvalue weighted by molar-refractivity contribution is 5.92. The number of hydrogen-bond donors (Lipinski definition) is 1. The van der Waals surface area contributed by atoms with Crippen molar-refractivity contribution < 1.29 is 9.18 Å². The molecule has 1 aliphatic carbocycles. The summed E-state index contributed by atoms with van der Waals surface area (Å²) in [4.78, 5) is 11.7. The van der Waals surface area contributed by atoms with Crippen molar-refractivity contribution in [2.45, 2.75) is 31.5 Å². The van der Waals surface area contributed by atoms with Crippen LogP contribution in [0.1, 0.15) is 29.8 Å². The summed E-state index contributed by atoms with van der Waals surface area (Å²) < 4.78 is 14.7. The van der Waals surface area contributed by atoms with Gasteiger partial charge in [0.15, 0.2) is 0 Å². The van der Waals surface area contributed by atoms with E-state index in [9.17, 15) is 9.18 Å². The number of nitrogens with one attached hydrogen (secondary N) is 1. The van der Waals surface area contributed by atoms with Crippen LogP contribution in [0.25, 0.3) is 0 Å². The summed E-state index contributed by atoms with van der Waals surface area (Å²) in [5.74, 6) is -0.110. The Bertz CT molecular complexity index is 361. The fraction of sp³-hybridized carbons (Fsp3) is 0.545. The van der Waals surface area contributed by atoms with Crippen molar-refractivity contribution in [3.05, 3.63) is 24.0 Å². The molecule has 1 N–H and O–H groups in total. The Kier molecular flexibility index (Phi) is 2.75.